The Bertz CT molecular complexity index is 167. The van der Waals surface area contributed by atoms with Crippen LogP contribution in [0.1, 0.15) is 6.92 Å². The third kappa shape index (κ3) is 3.92. The lowest BCUT2D eigenvalue weighted by molar-refractivity contribution is -0.120. The Hall–Kier alpha value is -1.10. The summed E-state index contributed by atoms with van der Waals surface area (Å²) in [4.78, 5) is 21.5. The zero-order chi connectivity index (χ0) is 9.56. The van der Waals surface area contributed by atoms with Gasteiger partial charge in [-0.05, 0) is 6.92 Å². The third-order valence-electron chi connectivity index (χ3n) is 1.30. The number of hydrogen-bond acceptors (Lipinski definition) is 4. The van der Waals surface area contributed by atoms with Crippen LogP contribution in [0.2, 0.25) is 0 Å². The minimum absolute atomic E-state index is 0.157. The summed E-state index contributed by atoms with van der Waals surface area (Å²) in [7, 11) is 2.69. The molecular formula is C7H13NO4. The van der Waals surface area contributed by atoms with Gasteiger partial charge in [0, 0.05) is 7.11 Å². The molecule has 0 bridgehead atoms. The number of amides is 1. The van der Waals surface area contributed by atoms with Gasteiger partial charge in [-0.1, -0.05) is 0 Å². The predicted molar refractivity (Wildman–Crippen MR) is 41.9 cm³/mol. The van der Waals surface area contributed by atoms with Crippen molar-refractivity contribution in [3.8, 4) is 0 Å². The Morgan fingerprint density at radius 2 is 2.00 bits per heavy atom. The Morgan fingerprint density at radius 1 is 1.42 bits per heavy atom. The molecule has 5 nitrogen and oxygen atoms in total. The Morgan fingerprint density at radius 3 is 2.33 bits per heavy atom. The van der Waals surface area contributed by atoms with E-state index in [-0.39, 0.29) is 12.4 Å². The summed E-state index contributed by atoms with van der Waals surface area (Å²) in [6.07, 6.45) is -0.632. The Kier molecular flexibility index (Phi) is 5.03. The van der Waals surface area contributed by atoms with Crippen molar-refractivity contribution in [2.75, 3.05) is 20.8 Å². The van der Waals surface area contributed by atoms with Crippen molar-refractivity contribution in [3.63, 3.8) is 0 Å². The van der Waals surface area contributed by atoms with E-state index in [1.54, 1.807) is 0 Å². The summed E-state index contributed by atoms with van der Waals surface area (Å²) in [6, 6.07) is -0.623. The molecule has 0 aromatic carbocycles. The zero-order valence-electron chi connectivity index (χ0n) is 7.42. The molecule has 12 heavy (non-hydrogen) atoms. The van der Waals surface area contributed by atoms with Crippen molar-refractivity contribution in [2.45, 2.75) is 13.0 Å². The first-order valence-corrected chi connectivity index (χ1v) is 3.45. The molecule has 0 rings (SSSR count). The first-order chi connectivity index (χ1) is 5.61. The fourth-order valence-corrected chi connectivity index (χ4v) is 0.629. The molecule has 0 aromatic rings. The molecule has 0 saturated heterocycles. The lowest BCUT2D eigenvalue weighted by atomic mass is 10.2. The molecule has 0 saturated carbocycles. The summed E-state index contributed by atoms with van der Waals surface area (Å²) < 4.78 is 9.04. The van der Waals surface area contributed by atoms with Gasteiger partial charge in [0.15, 0.2) is 5.78 Å². The highest BCUT2D eigenvalue weighted by Crippen LogP contribution is 1.88. The van der Waals surface area contributed by atoms with E-state index < -0.39 is 12.1 Å². The summed E-state index contributed by atoms with van der Waals surface area (Å²) in [6.45, 7) is 1.53. The quantitative estimate of drug-likeness (QED) is 0.650. The second-order valence-electron chi connectivity index (χ2n) is 2.25. The lowest BCUT2D eigenvalue weighted by Crippen LogP contribution is -2.42. The van der Waals surface area contributed by atoms with E-state index in [2.05, 4.69) is 10.1 Å². The van der Waals surface area contributed by atoms with E-state index in [1.807, 2.05) is 0 Å². The normalized spacial score (nSPS) is 11.9. The molecule has 1 N–H and O–H groups in total. The second kappa shape index (κ2) is 5.54. The number of Topliss-reactive ketones (excluding diaryl/α,β-unsaturated/α-hetero) is 1. The maximum atomic E-state index is 10.8. The van der Waals surface area contributed by atoms with E-state index in [4.69, 9.17) is 4.74 Å². The molecule has 70 valence electrons. The van der Waals surface area contributed by atoms with Gasteiger partial charge in [0.2, 0.25) is 0 Å². The Balaban J connectivity index is 3.95. The topological polar surface area (TPSA) is 64.6 Å². The molecule has 0 unspecified atom stereocenters. The van der Waals surface area contributed by atoms with Crippen LogP contribution in [0.3, 0.4) is 0 Å². The maximum absolute atomic E-state index is 10.8. The largest absolute Gasteiger partial charge is 0.453 e. The van der Waals surface area contributed by atoms with Gasteiger partial charge in [0.1, 0.15) is 6.04 Å². The highest BCUT2D eigenvalue weighted by atomic mass is 16.5. The van der Waals surface area contributed by atoms with Crippen LogP contribution in [0, 0.1) is 0 Å². The van der Waals surface area contributed by atoms with Crippen molar-refractivity contribution in [1.29, 1.82) is 0 Å². The number of methoxy groups -OCH3 is 2. The number of ketones is 1. The summed E-state index contributed by atoms with van der Waals surface area (Å²) in [5.74, 6) is -0.165. The first-order valence-electron chi connectivity index (χ1n) is 3.45. The molecule has 1 atom stereocenters. The van der Waals surface area contributed by atoms with Crippen molar-refractivity contribution in [3.05, 3.63) is 0 Å². The maximum Gasteiger partial charge on any atom is 0.407 e. The highest BCUT2D eigenvalue weighted by Gasteiger charge is 2.16. The number of carbonyl (C=O) groups is 2. The molecule has 5 heteroatoms. The minimum atomic E-state index is -0.632. The van der Waals surface area contributed by atoms with Crippen LogP contribution in [-0.4, -0.2) is 38.7 Å². The van der Waals surface area contributed by atoms with E-state index in [9.17, 15) is 9.59 Å². The van der Waals surface area contributed by atoms with Crippen LogP contribution >= 0.6 is 0 Å². The zero-order valence-corrected chi connectivity index (χ0v) is 7.42. The second-order valence-corrected chi connectivity index (χ2v) is 2.25. The molecule has 0 spiro atoms. The van der Waals surface area contributed by atoms with Gasteiger partial charge < -0.3 is 14.8 Å². The standard InChI is InChI=1S/C7H13NO4/c1-5(9)6(4-11-2)8-7(10)12-3/h6H,4H2,1-3H3,(H,8,10)/t6-/m0/s1. The number of alkyl carbamates (subject to hydrolysis) is 1. The molecule has 0 aromatic heterocycles. The van der Waals surface area contributed by atoms with Crippen LogP contribution in [-0.2, 0) is 14.3 Å². The first kappa shape index (κ1) is 10.9. The van der Waals surface area contributed by atoms with Gasteiger partial charge in [0.25, 0.3) is 0 Å². The van der Waals surface area contributed by atoms with Crippen molar-refractivity contribution >= 4 is 11.9 Å². The Labute approximate surface area is 71.0 Å². The van der Waals surface area contributed by atoms with Crippen LogP contribution in [0.4, 0.5) is 4.79 Å². The molecule has 0 radical (unpaired) electrons. The molecule has 0 aliphatic heterocycles. The van der Waals surface area contributed by atoms with E-state index in [0.29, 0.717) is 0 Å². The molecule has 1 amide bonds. The number of carbonyl (C=O) groups excluding carboxylic acids is 2. The minimum Gasteiger partial charge on any atom is -0.453 e. The van der Waals surface area contributed by atoms with Gasteiger partial charge in [0.05, 0.1) is 13.7 Å². The molecule has 0 aliphatic rings. The smallest absolute Gasteiger partial charge is 0.407 e. The molecule has 0 heterocycles. The van der Waals surface area contributed by atoms with E-state index >= 15 is 0 Å². The number of ether oxygens (including phenoxy) is 2. The van der Waals surface area contributed by atoms with Gasteiger partial charge >= 0.3 is 6.09 Å². The van der Waals surface area contributed by atoms with E-state index in [1.165, 1.54) is 21.1 Å². The van der Waals surface area contributed by atoms with Crippen LogP contribution in [0.15, 0.2) is 0 Å². The summed E-state index contributed by atoms with van der Waals surface area (Å²) in [5, 5.41) is 2.33. The van der Waals surface area contributed by atoms with Crippen LogP contribution in [0.5, 0.6) is 0 Å². The number of rotatable bonds is 4. The molecule has 0 fully saturated rings. The van der Waals surface area contributed by atoms with Gasteiger partial charge in [-0.3, -0.25) is 4.79 Å². The van der Waals surface area contributed by atoms with E-state index in [0.717, 1.165) is 0 Å². The number of nitrogens with one attached hydrogen (secondary N) is 1. The third-order valence-corrected chi connectivity index (χ3v) is 1.30. The molecular weight excluding hydrogens is 162 g/mol. The average Bonchev–Trinajstić information content (AvgIpc) is 2.03. The number of hydrogen-bond donors (Lipinski definition) is 1. The van der Waals surface area contributed by atoms with Gasteiger partial charge in [-0.25, -0.2) is 4.79 Å². The molecule has 0 aliphatic carbocycles. The fraction of sp³-hybridized carbons (Fsp3) is 0.714. The van der Waals surface area contributed by atoms with Gasteiger partial charge in [-0.15, -0.1) is 0 Å². The lowest BCUT2D eigenvalue weighted by Gasteiger charge is -2.13. The monoisotopic (exact) mass is 175 g/mol. The van der Waals surface area contributed by atoms with Crippen LogP contribution < -0.4 is 5.32 Å². The van der Waals surface area contributed by atoms with Gasteiger partial charge in [-0.2, -0.15) is 0 Å². The van der Waals surface area contributed by atoms with Crippen molar-refractivity contribution in [1.82, 2.24) is 5.32 Å². The highest BCUT2D eigenvalue weighted by molar-refractivity contribution is 5.85. The fourth-order valence-electron chi connectivity index (χ4n) is 0.629. The predicted octanol–water partition coefficient (Wildman–Crippen LogP) is -0.0536. The SMILES string of the molecule is COC[C@H](NC(=O)OC)C(C)=O. The average molecular weight is 175 g/mol. The van der Waals surface area contributed by atoms with Crippen molar-refractivity contribution < 1.29 is 19.1 Å². The van der Waals surface area contributed by atoms with Crippen LogP contribution in [0.25, 0.3) is 0 Å². The summed E-state index contributed by atoms with van der Waals surface area (Å²) in [5.41, 5.74) is 0. The summed E-state index contributed by atoms with van der Waals surface area (Å²) >= 11 is 0. The van der Waals surface area contributed by atoms with Crippen molar-refractivity contribution in [2.24, 2.45) is 0 Å².